The number of carbonyl (C=O) groups is 2. The van der Waals surface area contributed by atoms with Gasteiger partial charge in [-0.1, -0.05) is 22.9 Å². The van der Waals surface area contributed by atoms with Crippen LogP contribution in [0.5, 0.6) is 0 Å². The van der Waals surface area contributed by atoms with E-state index in [0.29, 0.717) is 36.8 Å². The van der Waals surface area contributed by atoms with Crippen molar-refractivity contribution in [1.82, 2.24) is 20.4 Å². The molecule has 1 saturated heterocycles. The van der Waals surface area contributed by atoms with Gasteiger partial charge in [0.25, 0.3) is 11.8 Å². The largest absolute Gasteiger partial charge is 0.376 e. The van der Waals surface area contributed by atoms with Gasteiger partial charge >= 0.3 is 6.03 Å². The number of nitrogens with one attached hydrogen (secondary N) is 2. The minimum Gasteiger partial charge on any atom is -0.376 e. The fourth-order valence-corrected chi connectivity index (χ4v) is 3.58. The summed E-state index contributed by atoms with van der Waals surface area (Å²) in [6.45, 7) is 3.71. The lowest BCUT2D eigenvalue weighted by Crippen LogP contribution is -2.33. The molecule has 0 bridgehead atoms. The van der Waals surface area contributed by atoms with Gasteiger partial charge in [-0.15, -0.1) is 0 Å². The molecule has 0 spiro atoms. The Morgan fingerprint density at radius 3 is 2.59 bits per heavy atom. The average molecular weight is 464 g/mol. The highest BCUT2D eigenvalue weighted by Crippen LogP contribution is 2.18. The Hall–Kier alpha value is -3.72. The average Bonchev–Trinajstić information content (AvgIpc) is 3.55. The Balaban J connectivity index is 1.26. The lowest BCUT2D eigenvalue weighted by molar-refractivity contribution is 0.0858. The molecule has 2 heterocycles. The standard InChI is InChI=1S/C25H29N5O4/c1-17-5-11-20(12-6-17)27-25(32)30(2)14-13-22-28-24(34-29-22)19-9-7-18(8-10-19)23(31)26-16-21-4-3-15-33-21/h5-12,21H,3-4,13-16H2,1-2H3,(H,26,31)(H,27,32)/t21-/m1/s1. The van der Waals surface area contributed by atoms with Gasteiger partial charge in [0.1, 0.15) is 0 Å². The van der Waals surface area contributed by atoms with Gasteiger partial charge in [0.2, 0.25) is 0 Å². The summed E-state index contributed by atoms with van der Waals surface area (Å²) in [5, 5.41) is 9.77. The number of aryl methyl sites for hydroxylation is 1. The fraction of sp³-hybridized carbons (Fsp3) is 0.360. The summed E-state index contributed by atoms with van der Waals surface area (Å²) in [5.74, 6) is 0.733. The smallest absolute Gasteiger partial charge is 0.321 e. The second-order valence-corrected chi connectivity index (χ2v) is 8.41. The number of nitrogens with zero attached hydrogens (tertiary/aromatic N) is 3. The molecular weight excluding hydrogens is 434 g/mol. The van der Waals surface area contributed by atoms with Gasteiger partial charge in [0.15, 0.2) is 5.82 Å². The molecule has 3 amide bonds. The summed E-state index contributed by atoms with van der Waals surface area (Å²) in [6, 6.07) is 14.4. The normalized spacial score (nSPS) is 15.2. The van der Waals surface area contributed by atoms with Crippen LogP contribution >= 0.6 is 0 Å². The number of benzene rings is 2. The van der Waals surface area contributed by atoms with Crippen LogP contribution in [0, 0.1) is 6.92 Å². The van der Waals surface area contributed by atoms with E-state index in [1.807, 2.05) is 31.2 Å². The SMILES string of the molecule is Cc1ccc(NC(=O)N(C)CCc2noc(-c3ccc(C(=O)NC[C@H]4CCCO4)cc3)n2)cc1. The molecule has 1 fully saturated rings. The highest BCUT2D eigenvalue weighted by molar-refractivity contribution is 5.94. The molecule has 1 aromatic heterocycles. The molecule has 3 aromatic rings. The molecule has 4 rings (SSSR count). The van der Waals surface area contributed by atoms with Gasteiger partial charge < -0.3 is 24.8 Å². The van der Waals surface area contributed by atoms with Crippen molar-refractivity contribution in [2.75, 3.05) is 32.1 Å². The van der Waals surface area contributed by atoms with Crippen LogP contribution in [-0.4, -0.2) is 59.8 Å². The Morgan fingerprint density at radius 2 is 1.88 bits per heavy atom. The summed E-state index contributed by atoms with van der Waals surface area (Å²) in [5.41, 5.74) is 3.16. The van der Waals surface area contributed by atoms with Crippen LogP contribution in [0.25, 0.3) is 11.5 Å². The number of aromatic nitrogens is 2. The maximum atomic E-state index is 12.4. The van der Waals surface area contributed by atoms with Crippen molar-refractivity contribution in [2.24, 2.45) is 0 Å². The van der Waals surface area contributed by atoms with Gasteiger partial charge in [0, 0.05) is 50.0 Å². The fourth-order valence-electron chi connectivity index (χ4n) is 3.58. The Kier molecular flexibility index (Phi) is 7.54. The number of hydrogen-bond acceptors (Lipinski definition) is 6. The number of ether oxygens (including phenoxy) is 1. The first-order chi connectivity index (χ1) is 16.5. The molecule has 178 valence electrons. The second kappa shape index (κ2) is 10.9. The molecule has 0 radical (unpaired) electrons. The lowest BCUT2D eigenvalue weighted by atomic mass is 10.1. The van der Waals surface area contributed by atoms with Crippen LogP contribution in [0.2, 0.25) is 0 Å². The van der Waals surface area contributed by atoms with Gasteiger partial charge in [-0.3, -0.25) is 4.79 Å². The van der Waals surface area contributed by atoms with E-state index in [0.717, 1.165) is 36.3 Å². The number of carbonyl (C=O) groups excluding carboxylic acids is 2. The third kappa shape index (κ3) is 6.20. The summed E-state index contributed by atoms with van der Waals surface area (Å²) in [4.78, 5) is 30.7. The van der Waals surface area contributed by atoms with E-state index in [-0.39, 0.29) is 18.0 Å². The number of anilines is 1. The van der Waals surface area contributed by atoms with Crippen molar-refractivity contribution in [3.05, 3.63) is 65.5 Å². The minimum atomic E-state index is -0.207. The topological polar surface area (TPSA) is 110 Å². The van der Waals surface area contributed by atoms with Crippen LogP contribution in [0.1, 0.15) is 34.6 Å². The third-order valence-electron chi connectivity index (χ3n) is 5.70. The number of likely N-dealkylation sites (N-methyl/N-ethyl adjacent to an activating group) is 1. The molecule has 0 saturated carbocycles. The minimum absolute atomic E-state index is 0.104. The number of amides is 3. The van der Waals surface area contributed by atoms with E-state index < -0.39 is 0 Å². The van der Waals surface area contributed by atoms with E-state index in [2.05, 4.69) is 20.8 Å². The number of hydrogen-bond donors (Lipinski definition) is 2. The van der Waals surface area contributed by atoms with Crippen molar-refractivity contribution < 1.29 is 18.8 Å². The maximum Gasteiger partial charge on any atom is 0.321 e. The molecule has 1 atom stereocenters. The predicted octanol–water partition coefficient (Wildman–Crippen LogP) is 3.66. The van der Waals surface area contributed by atoms with Crippen molar-refractivity contribution >= 4 is 17.6 Å². The first-order valence-corrected chi connectivity index (χ1v) is 11.4. The quantitative estimate of drug-likeness (QED) is 0.528. The van der Waals surface area contributed by atoms with Gasteiger partial charge in [-0.05, 0) is 56.2 Å². The zero-order valence-corrected chi connectivity index (χ0v) is 19.4. The van der Waals surface area contributed by atoms with Crippen LogP contribution in [0.4, 0.5) is 10.5 Å². The number of rotatable bonds is 8. The lowest BCUT2D eigenvalue weighted by Gasteiger charge is -2.17. The molecule has 9 nitrogen and oxygen atoms in total. The zero-order valence-electron chi connectivity index (χ0n) is 19.4. The molecule has 2 N–H and O–H groups in total. The highest BCUT2D eigenvalue weighted by Gasteiger charge is 2.17. The first kappa shape index (κ1) is 23.4. The molecule has 9 heteroatoms. The molecule has 2 aromatic carbocycles. The Morgan fingerprint density at radius 1 is 1.12 bits per heavy atom. The van der Waals surface area contributed by atoms with E-state index >= 15 is 0 Å². The Labute approximate surface area is 198 Å². The molecule has 0 aliphatic carbocycles. The van der Waals surface area contributed by atoms with Crippen LogP contribution in [0.3, 0.4) is 0 Å². The summed E-state index contributed by atoms with van der Waals surface area (Å²) >= 11 is 0. The third-order valence-corrected chi connectivity index (χ3v) is 5.70. The van der Waals surface area contributed by atoms with Crippen molar-refractivity contribution in [1.29, 1.82) is 0 Å². The summed E-state index contributed by atoms with van der Waals surface area (Å²) in [7, 11) is 1.72. The molecule has 1 aliphatic rings. The van der Waals surface area contributed by atoms with Gasteiger partial charge in [-0.2, -0.15) is 4.98 Å². The van der Waals surface area contributed by atoms with Crippen LogP contribution in [-0.2, 0) is 11.2 Å². The maximum absolute atomic E-state index is 12.4. The van der Waals surface area contributed by atoms with E-state index in [9.17, 15) is 9.59 Å². The molecular formula is C25H29N5O4. The van der Waals surface area contributed by atoms with Crippen LogP contribution < -0.4 is 10.6 Å². The van der Waals surface area contributed by atoms with Crippen LogP contribution in [0.15, 0.2) is 53.1 Å². The molecule has 0 unspecified atom stereocenters. The predicted molar refractivity (Wildman–Crippen MR) is 128 cm³/mol. The van der Waals surface area contributed by atoms with E-state index in [1.54, 1.807) is 36.2 Å². The second-order valence-electron chi connectivity index (χ2n) is 8.41. The zero-order chi connectivity index (χ0) is 23.9. The monoisotopic (exact) mass is 463 g/mol. The first-order valence-electron chi connectivity index (χ1n) is 11.4. The van der Waals surface area contributed by atoms with Gasteiger partial charge in [-0.25, -0.2) is 4.79 Å². The summed E-state index contributed by atoms with van der Waals surface area (Å²) in [6.07, 6.45) is 2.57. The molecule has 34 heavy (non-hydrogen) atoms. The Bertz CT molecular complexity index is 1110. The van der Waals surface area contributed by atoms with E-state index in [4.69, 9.17) is 9.26 Å². The summed E-state index contributed by atoms with van der Waals surface area (Å²) < 4.78 is 10.9. The van der Waals surface area contributed by atoms with Gasteiger partial charge in [0.05, 0.1) is 6.10 Å². The number of urea groups is 1. The van der Waals surface area contributed by atoms with Crippen molar-refractivity contribution in [3.63, 3.8) is 0 Å². The highest BCUT2D eigenvalue weighted by atomic mass is 16.5. The van der Waals surface area contributed by atoms with E-state index in [1.165, 1.54) is 0 Å². The molecule has 1 aliphatic heterocycles. The van der Waals surface area contributed by atoms with Crippen molar-refractivity contribution in [3.8, 4) is 11.5 Å². The van der Waals surface area contributed by atoms with Crippen molar-refractivity contribution in [2.45, 2.75) is 32.3 Å².